The van der Waals surface area contributed by atoms with E-state index in [4.69, 9.17) is 23.6 Å². The van der Waals surface area contributed by atoms with E-state index in [1.165, 1.54) is 24.3 Å². The van der Waals surface area contributed by atoms with E-state index in [0.29, 0.717) is 0 Å². The normalized spacial score (nSPS) is 17.7. The molecule has 47 heavy (non-hydrogen) atoms. The van der Waals surface area contributed by atoms with Crippen LogP contribution in [-0.4, -0.2) is 0 Å². The fourth-order valence-corrected chi connectivity index (χ4v) is 5.89. The fraction of sp³-hybridized carbons (Fsp3) is 0. The van der Waals surface area contributed by atoms with E-state index in [-0.39, 0.29) is 49.4 Å². The molecule has 0 N–H and O–H groups in total. The van der Waals surface area contributed by atoms with Crippen LogP contribution >= 0.6 is 0 Å². The van der Waals surface area contributed by atoms with Gasteiger partial charge in [-0.15, -0.1) is 0 Å². The van der Waals surface area contributed by atoms with Crippen LogP contribution in [0.25, 0.3) is 88.3 Å². The first kappa shape index (κ1) is 13.3. The minimum atomic E-state index is -0.833. The van der Waals surface area contributed by atoms with Gasteiger partial charge in [0, 0.05) is 22.1 Å². The van der Waals surface area contributed by atoms with Gasteiger partial charge in [0.2, 0.25) is 0 Å². The quantitative estimate of drug-likeness (QED) is 0.175. The van der Waals surface area contributed by atoms with E-state index in [1.807, 2.05) is 0 Å². The standard InChI is InChI=1S/C46H30O/c1-4-16-31(17-5-1)34-28-29-42-41(30-34)45(46(47-42)40-27-15-10-22-35(40)32-18-6-2-7-19-32)44-38-25-13-11-23-36(38)43(33-20-8-3-9-21-33)37-24-12-14-26-39(37)44/h1-30H/i1D,2D,4D,5D,6D,7D,11D,12D,13D,14D,16D,17D,18D,19D,23D,24D,25D,26D,28D,29D,30D. The average molecular weight is 620 g/mol. The lowest BCUT2D eigenvalue weighted by Gasteiger charge is -2.18. The lowest BCUT2D eigenvalue weighted by Crippen LogP contribution is -1.92. The molecule has 0 amide bonds. The van der Waals surface area contributed by atoms with Crippen LogP contribution in [0.4, 0.5) is 0 Å². The van der Waals surface area contributed by atoms with Crippen LogP contribution < -0.4 is 0 Å². The Hall–Kier alpha value is -6.18. The molecule has 0 aliphatic carbocycles. The molecule has 1 aromatic heterocycles. The van der Waals surface area contributed by atoms with Crippen molar-refractivity contribution in [3.63, 3.8) is 0 Å². The number of rotatable bonds is 5. The van der Waals surface area contributed by atoms with E-state index in [2.05, 4.69) is 0 Å². The molecule has 0 aliphatic rings. The third-order valence-electron chi connectivity index (χ3n) is 7.84. The van der Waals surface area contributed by atoms with Crippen molar-refractivity contribution in [3.05, 3.63) is 181 Å². The second-order valence-corrected chi connectivity index (χ2v) is 10.4. The minimum Gasteiger partial charge on any atom is -0.455 e. The van der Waals surface area contributed by atoms with Gasteiger partial charge in [0.1, 0.15) is 11.3 Å². The first-order chi connectivity index (χ1) is 32.1. The van der Waals surface area contributed by atoms with Crippen LogP contribution in [-0.2, 0) is 0 Å². The number of benzene rings is 8. The molecule has 0 spiro atoms. The van der Waals surface area contributed by atoms with Gasteiger partial charge in [-0.05, 0) is 67.0 Å². The predicted octanol–water partition coefficient (Wildman–Crippen LogP) is 13.1. The van der Waals surface area contributed by atoms with Crippen molar-refractivity contribution in [3.8, 4) is 55.8 Å². The maximum Gasteiger partial charge on any atom is 0.143 e. The smallest absolute Gasteiger partial charge is 0.143 e. The van der Waals surface area contributed by atoms with Crippen molar-refractivity contribution in [1.29, 1.82) is 0 Å². The van der Waals surface area contributed by atoms with Crippen molar-refractivity contribution in [2.24, 2.45) is 0 Å². The van der Waals surface area contributed by atoms with Gasteiger partial charge < -0.3 is 4.42 Å². The molecule has 1 nitrogen and oxygen atoms in total. The molecule has 0 radical (unpaired) electrons. The zero-order valence-corrected chi connectivity index (χ0v) is 24.1. The van der Waals surface area contributed by atoms with Crippen LogP contribution in [0.1, 0.15) is 28.8 Å². The molecule has 8 aromatic carbocycles. The lowest BCUT2D eigenvalue weighted by molar-refractivity contribution is 0.633. The molecule has 1 heterocycles. The Labute approximate surface area is 303 Å². The van der Waals surface area contributed by atoms with Gasteiger partial charge in [-0.2, -0.15) is 0 Å². The maximum atomic E-state index is 9.94. The highest BCUT2D eigenvalue weighted by molar-refractivity contribution is 6.25. The Balaban J connectivity index is 1.65. The van der Waals surface area contributed by atoms with E-state index < -0.39 is 166 Å². The van der Waals surface area contributed by atoms with Crippen molar-refractivity contribution in [2.45, 2.75) is 0 Å². The van der Waals surface area contributed by atoms with Gasteiger partial charge in [-0.3, -0.25) is 0 Å². The van der Waals surface area contributed by atoms with Crippen LogP contribution in [0.2, 0.25) is 0 Å². The first-order valence-electron chi connectivity index (χ1n) is 24.9. The molecule has 0 fully saturated rings. The Morgan fingerprint density at radius 3 is 1.53 bits per heavy atom. The van der Waals surface area contributed by atoms with Gasteiger partial charge in [0.15, 0.2) is 0 Å². The van der Waals surface area contributed by atoms with Crippen LogP contribution in [0.15, 0.2) is 186 Å². The first-order valence-corrected chi connectivity index (χ1v) is 14.4. The van der Waals surface area contributed by atoms with Crippen molar-refractivity contribution in [1.82, 2.24) is 0 Å². The van der Waals surface area contributed by atoms with Gasteiger partial charge in [-0.1, -0.05) is 169 Å². The second kappa shape index (κ2) is 11.3. The Bertz CT molecular complexity index is 3610. The highest BCUT2D eigenvalue weighted by atomic mass is 16.3. The summed E-state index contributed by atoms with van der Waals surface area (Å²) >= 11 is 0. The van der Waals surface area contributed by atoms with Crippen molar-refractivity contribution >= 4 is 32.5 Å². The van der Waals surface area contributed by atoms with Gasteiger partial charge in [0.05, 0.1) is 28.8 Å². The molecule has 0 unspecified atom stereocenters. The monoisotopic (exact) mass is 619 g/mol. The second-order valence-electron chi connectivity index (χ2n) is 10.4. The molecule has 0 saturated heterocycles. The lowest BCUT2D eigenvalue weighted by atomic mass is 9.84. The number of furan rings is 1. The van der Waals surface area contributed by atoms with Crippen LogP contribution in [0.5, 0.6) is 0 Å². The van der Waals surface area contributed by atoms with E-state index in [9.17, 15) is 9.60 Å². The van der Waals surface area contributed by atoms with Crippen LogP contribution in [0, 0.1) is 0 Å². The third kappa shape index (κ3) is 4.56. The average Bonchev–Trinajstić information content (AvgIpc) is 3.74. The third-order valence-corrected chi connectivity index (χ3v) is 7.84. The topological polar surface area (TPSA) is 13.1 Å². The Morgan fingerprint density at radius 1 is 0.362 bits per heavy atom. The minimum absolute atomic E-state index is 0.0206. The van der Waals surface area contributed by atoms with E-state index in [1.54, 1.807) is 30.3 Å². The highest BCUT2D eigenvalue weighted by Crippen LogP contribution is 2.51. The molecular formula is C46H30O. The Morgan fingerprint density at radius 2 is 0.894 bits per heavy atom. The summed E-state index contributed by atoms with van der Waals surface area (Å²) in [7, 11) is 0. The SMILES string of the molecule is [2H]c1c([2H])c([2H])c(-c2ccccc2-c2oc3c([2H])c([2H])c(-c4c([2H])c([2H])c([2H])c([2H])c4[2H])c([2H])c3c2-c2c3c([2H])c([2H])c([2H])c([2H])c3c(-c3ccccc3)c3c([2H])c([2H])c([2H])c([2H])c23)c([2H])c1[2H]. The van der Waals surface area contributed by atoms with Gasteiger partial charge >= 0.3 is 0 Å². The van der Waals surface area contributed by atoms with Crippen molar-refractivity contribution < 1.29 is 33.2 Å². The summed E-state index contributed by atoms with van der Waals surface area (Å²) in [5, 5.41) is -1.67. The molecule has 9 rings (SSSR count). The molecule has 220 valence electrons. The zero-order valence-electron chi connectivity index (χ0n) is 45.1. The van der Waals surface area contributed by atoms with Gasteiger partial charge in [0.25, 0.3) is 0 Å². The maximum absolute atomic E-state index is 9.94. The van der Waals surface area contributed by atoms with Crippen LogP contribution in [0.3, 0.4) is 0 Å². The number of fused-ring (bicyclic) bond motifs is 3. The summed E-state index contributed by atoms with van der Waals surface area (Å²) in [5.74, 6) is -0.420. The summed E-state index contributed by atoms with van der Waals surface area (Å²) in [6.45, 7) is 0. The molecule has 1 heteroatoms. The zero-order chi connectivity index (χ0) is 49.4. The summed E-state index contributed by atoms with van der Waals surface area (Å²) in [5.41, 5.74) is -2.91. The molecule has 0 bridgehead atoms. The largest absolute Gasteiger partial charge is 0.455 e. The summed E-state index contributed by atoms with van der Waals surface area (Å²) in [6, 6.07) is -1.79. The van der Waals surface area contributed by atoms with E-state index in [0.717, 1.165) is 0 Å². The summed E-state index contributed by atoms with van der Waals surface area (Å²) < 4.78 is 195. The summed E-state index contributed by atoms with van der Waals surface area (Å²) in [4.78, 5) is 0. The molecule has 9 aromatic rings. The molecular weight excluding hydrogens is 569 g/mol. The molecule has 0 saturated carbocycles. The predicted molar refractivity (Wildman–Crippen MR) is 198 cm³/mol. The van der Waals surface area contributed by atoms with E-state index >= 15 is 0 Å². The van der Waals surface area contributed by atoms with Gasteiger partial charge in [-0.25, -0.2) is 0 Å². The Kier molecular flexibility index (Phi) is 3.20. The number of hydrogen-bond acceptors (Lipinski definition) is 1. The van der Waals surface area contributed by atoms with Crippen molar-refractivity contribution in [2.75, 3.05) is 0 Å². The fourth-order valence-electron chi connectivity index (χ4n) is 5.89. The summed E-state index contributed by atoms with van der Waals surface area (Å²) in [6.07, 6.45) is 0. The highest BCUT2D eigenvalue weighted by Gasteiger charge is 2.25. The molecule has 0 aliphatic heterocycles. The number of hydrogen-bond donors (Lipinski definition) is 0. The molecule has 0 atom stereocenters.